The molecule has 0 aromatic heterocycles. The zero-order chi connectivity index (χ0) is 14.8. The van der Waals surface area contributed by atoms with Crippen LogP contribution in [-0.4, -0.2) is 42.8 Å². The first-order valence-corrected chi connectivity index (χ1v) is 9.08. The van der Waals surface area contributed by atoms with E-state index < -0.39 is 0 Å². The third-order valence-corrected chi connectivity index (χ3v) is 5.12. The zero-order valence-corrected chi connectivity index (χ0v) is 14.7. The number of methoxy groups -OCH3 is 1. The van der Waals surface area contributed by atoms with E-state index in [1.807, 2.05) is 0 Å². The Morgan fingerprint density at radius 3 is 2.55 bits per heavy atom. The van der Waals surface area contributed by atoms with Crippen LogP contribution >= 0.6 is 0 Å². The van der Waals surface area contributed by atoms with Crippen LogP contribution < -0.4 is 4.90 Å². The van der Waals surface area contributed by atoms with E-state index in [0.717, 1.165) is 0 Å². The monoisotopic (exact) mass is 339 g/mol. The molecule has 0 aliphatic carbocycles. The molecule has 3 heteroatoms. The Hall–Kier alpha value is -0.981. The standard InChI is InChI=1S/C17H25NOSe/c1-5-6-13-20-17(14-19-4)12-9-15-7-10-16(11-8-15)18(2)3/h7-11H,5-6,13-14H2,1-4H3. The van der Waals surface area contributed by atoms with Crippen molar-refractivity contribution < 1.29 is 4.74 Å². The molecule has 0 heterocycles. The molecule has 1 rings (SSSR count). The molecule has 0 bridgehead atoms. The topological polar surface area (TPSA) is 12.5 Å². The van der Waals surface area contributed by atoms with Gasteiger partial charge in [-0.05, 0) is 0 Å². The molecule has 0 unspecified atom stereocenters. The van der Waals surface area contributed by atoms with Crippen molar-refractivity contribution in [2.45, 2.75) is 25.1 Å². The molecule has 20 heavy (non-hydrogen) atoms. The average molecular weight is 338 g/mol. The summed E-state index contributed by atoms with van der Waals surface area (Å²) in [5, 5.41) is 1.28. The van der Waals surface area contributed by atoms with Crippen LogP contribution in [0.1, 0.15) is 25.3 Å². The van der Waals surface area contributed by atoms with Crippen LogP contribution in [0, 0.1) is 0 Å². The van der Waals surface area contributed by atoms with E-state index >= 15 is 0 Å². The fraction of sp³-hybridized carbons (Fsp3) is 0.471. The number of benzene rings is 1. The first-order chi connectivity index (χ1) is 9.67. The minimum atomic E-state index is 0.506. The summed E-state index contributed by atoms with van der Waals surface area (Å²) in [5.41, 5.74) is 5.83. The van der Waals surface area contributed by atoms with Crippen molar-refractivity contribution in [3.63, 3.8) is 0 Å². The molecule has 0 atom stereocenters. The Kier molecular flexibility index (Phi) is 8.41. The molecule has 2 nitrogen and oxygen atoms in total. The minimum absolute atomic E-state index is 0.506. The first kappa shape index (κ1) is 17.1. The van der Waals surface area contributed by atoms with Gasteiger partial charge in [-0.3, -0.25) is 0 Å². The molecule has 0 aliphatic heterocycles. The Balaban J connectivity index is 2.75. The van der Waals surface area contributed by atoms with E-state index in [2.05, 4.69) is 62.0 Å². The third-order valence-electron chi connectivity index (χ3n) is 2.86. The predicted octanol–water partition coefficient (Wildman–Crippen LogP) is 3.82. The van der Waals surface area contributed by atoms with Crippen LogP contribution in [0.15, 0.2) is 34.5 Å². The number of hydrogen-bond donors (Lipinski definition) is 0. The maximum atomic E-state index is 5.26. The summed E-state index contributed by atoms with van der Waals surface area (Å²) in [6.07, 6.45) is 4.63. The Labute approximate surface area is 129 Å². The molecule has 0 aliphatic rings. The van der Waals surface area contributed by atoms with Gasteiger partial charge in [0.25, 0.3) is 0 Å². The molecule has 0 N–H and O–H groups in total. The van der Waals surface area contributed by atoms with Gasteiger partial charge in [0.1, 0.15) is 0 Å². The maximum absolute atomic E-state index is 5.26. The van der Waals surface area contributed by atoms with Gasteiger partial charge in [-0.25, -0.2) is 0 Å². The van der Waals surface area contributed by atoms with Gasteiger partial charge in [-0.1, -0.05) is 0 Å². The Morgan fingerprint density at radius 2 is 2.00 bits per heavy atom. The summed E-state index contributed by atoms with van der Waals surface area (Å²) < 4.78 is 6.57. The van der Waals surface area contributed by atoms with Crippen LogP contribution in [0.5, 0.6) is 0 Å². The average Bonchev–Trinajstić information content (AvgIpc) is 2.45. The van der Waals surface area contributed by atoms with E-state index in [1.165, 1.54) is 33.9 Å². The second-order valence-electron chi connectivity index (χ2n) is 4.83. The predicted molar refractivity (Wildman–Crippen MR) is 89.6 cm³/mol. The number of ether oxygens (including phenoxy) is 1. The van der Waals surface area contributed by atoms with Gasteiger partial charge in [0.2, 0.25) is 0 Å². The molecular formula is C17H25NOSe. The fourth-order valence-electron chi connectivity index (χ4n) is 1.63. The van der Waals surface area contributed by atoms with Gasteiger partial charge in [0, 0.05) is 0 Å². The molecule has 0 saturated heterocycles. The summed E-state index contributed by atoms with van der Waals surface area (Å²) in [5.74, 6) is 0. The molecule has 0 radical (unpaired) electrons. The van der Waals surface area contributed by atoms with Crippen molar-refractivity contribution in [3.8, 4) is 0 Å². The Bertz CT molecular complexity index is 445. The summed E-state index contributed by atoms with van der Waals surface area (Å²) >= 11 is 0.506. The summed E-state index contributed by atoms with van der Waals surface area (Å²) in [7, 11) is 5.86. The van der Waals surface area contributed by atoms with Gasteiger partial charge in [0.15, 0.2) is 0 Å². The quantitative estimate of drug-likeness (QED) is 0.406. The number of rotatable bonds is 8. The second kappa shape index (κ2) is 9.85. The normalized spacial score (nSPS) is 10.0. The molecule has 0 saturated carbocycles. The third kappa shape index (κ3) is 6.45. The van der Waals surface area contributed by atoms with Crippen molar-refractivity contribution in [1.29, 1.82) is 0 Å². The van der Waals surface area contributed by atoms with Gasteiger partial charge in [0.05, 0.1) is 0 Å². The van der Waals surface area contributed by atoms with Crippen molar-refractivity contribution in [2.24, 2.45) is 0 Å². The van der Waals surface area contributed by atoms with E-state index in [-0.39, 0.29) is 0 Å². The van der Waals surface area contributed by atoms with Gasteiger partial charge in [-0.15, -0.1) is 0 Å². The Morgan fingerprint density at radius 1 is 1.30 bits per heavy atom. The van der Waals surface area contributed by atoms with Crippen molar-refractivity contribution in [3.05, 3.63) is 40.0 Å². The van der Waals surface area contributed by atoms with Crippen molar-refractivity contribution in [1.82, 2.24) is 0 Å². The summed E-state index contributed by atoms with van der Waals surface area (Å²) in [6, 6.07) is 8.52. The number of unbranched alkanes of at least 4 members (excludes halogenated alkanes) is 1. The second-order valence-corrected chi connectivity index (χ2v) is 7.33. The van der Waals surface area contributed by atoms with Crippen LogP contribution in [-0.2, 0) is 4.74 Å². The molecule has 0 spiro atoms. The van der Waals surface area contributed by atoms with Crippen LogP contribution in [0.3, 0.4) is 0 Å². The number of hydrogen-bond acceptors (Lipinski definition) is 2. The molecule has 0 amide bonds. The number of nitrogens with zero attached hydrogens (tertiary/aromatic N) is 1. The van der Waals surface area contributed by atoms with Crippen molar-refractivity contribution >= 4 is 26.7 Å². The number of anilines is 1. The molecule has 110 valence electrons. The van der Waals surface area contributed by atoms with E-state index in [0.29, 0.717) is 21.6 Å². The molecule has 1 aromatic rings. The molecule has 0 fully saturated rings. The SMILES string of the molecule is CCCC[Se]C(=C=Cc1ccc(N(C)C)cc1)COC. The zero-order valence-electron chi connectivity index (χ0n) is 13.0. The van der Waals surface area contributed by atoms with Gasteiger partial charge >= 0.3 is 129 Å². The molecule has 1 aromatic carbocycles. The first-order valence-electron chi connectivity index (χ1n) is 7.02. The van der Waals surface area contributed by atoms with Gasteiger partial charge < -0.3 is 0 Å². The fourth-order valence-corrected chi connectivity index (χ4v) is 3.77. The van der Waals surface area contributed by atoms with E-state index in [1.54, 1.807) is 7.11 Å². The van der Waals surface area contributed by atoms with Crippen LogP contribution in [0.25, 0.3) is 6.08 Å². The van der Waals surface area contributed by atoms with Crippen LogP contribution in [0.4, 0.5) is 5.69 Å². The van der Waals surface area contributed by atoms with Gasteiger partial charge in [-0.2, -0.15) is 0 Å². The van der Waals surface area contributed by atoms with Crippen LogP contribution in [0.2, 0.25) is 5.32 Å². The molecular weight excluding hydrogens is 313 g/mol. The summed E-state index contributed by atoms with van der Waals surface area (Å²) in [4.78, 5) is 2.10. The van der Waals surface area contributed by atoms with E-state index in [9.17, 15) is 0 Å². The van der Waals surface area contributed by atoms with E-state index in [4.69, 9.17) is 4.74 Å². The summed E-state index contributed by atoms with van der Waals surface area (Å²) in [6.45, 7) is 2.94. The van der Waals surface area contributed by atoms with Crippen molar-refractivity contribution in [2.75, 3.05) is 32.7 Å².